The largest absolute Gasteiger partial charge is 0.396 e. The highest BCUT2D eigenvalue weighted by atomic mass is 16.3. The molecule has 132 valence electrons. The summed E-state index contributed by atoms with van der Waals surface area (Å²) >= 11 is 0. The molecule has 0 bridgehead atoms. The van der Waals surface area contributed by atoms with Crippen LogP contribution in [-0.2, 0) is 0 Å². The lowest BCUT2D eigenvalue weighted by Crippen LogP contribution is -2.51. The van der Waals surface area contributed by atoms with Gasteiger partial charge in [0.05, 0.1) is 0 Å². The van der Waals surface area contributed by atoms with Crippen molar-refractivity contribution in [2.24, 2.45) is 22.6 Å². The van der Waals surface area contributed by atoms with Crippen molar-refractivity contribution in [1.29, 1.82) is 0 Å². The first kappa shape index (κ1) is 17.0. The Hall–Kier alpha value is -1.89. The van der Waals surface area contributed by atoms with Gasteiger partial charge in [0, 0.05) is 51.7 Å². The maximum atomic E-state index is 9.33. The van der Waals surface area contributed by atoms with Gasteiger partial charge in [-0.2, -0.15) is 0 Å². The standard InChI is InChI=1S/C17H28N6O/c18-16(21-12-14-3-1-4-15(11-14)13-24)22-7-9-23(10-8-22)17-19-5-2-6-20-17/h2,5-6,14-15,24H,1,3-4,7-13H2,(H2,18,21)/t14-,15+/m0/s1. The molecule has 24 heavy (non-hydrogen) atoms. The monoisotopic (exact) mass is 332 g/mol. The van der Waals surface area contributed by atoms with E-state index >= 15 is 0 Å². The number of aliphatic hydroxyl groups excluding tert-OH is 1. The molecule has 3 rings (SSSR count). The highest BCUT2D eigenvalue weighted by molar-refractivity contribution is 5.78. The third-order valence-corrected chi connectivity index (χ3v) is 5.10. The molecule has 1 saturated carbocycles. The van der Waals surface area contributed by atoms with Gasteiger partial charge >= 0.3 is 0 Å². The predicted octanol–water partition coefficient (Wildman–Crippen LogP) is 0.712. The number of nitrogens with zero attached hydrogens (tertiary/aromatic N) is 5. The topological polar surface area (TPSA) is 90.9 Å². The van der Waals surface area contributed by atoms with Gasteiger partial charge in [0.2, 0.25) is 5.95 Å². The van der Waals surface area contributed by atoms with Gasteiger partial charge in [0.15, 0.2) is 5.96 Å². The van der Waals surface area contributed by atoms with Crippen molar-refractivity contribution in [1.82, 2.24) is 14.9 Å². The molecule has 0 radical (unpaired) electrons. The molecule has 7 heteroatoms. The average Bonchev–Trinajstić information content (AvgIpc) is 2.67. The van der Waals surface area contributed by atoms with E-state index in [2.05, 4.69) is 24.8 Å². The normalized spacial score (nSPS) is 25.8. The zero-order valence-corrected chi connectivity index (χ0v) is 14.2. The van der Waals surface area contributed by atoms with Crippen molar-refractivity contribution in [2.45, 2.75) is 25.7 Å². The molecule has 2 atom stereocenters. The second-order valence-corrected chi connectivity index (χ2v) is 6.80. The minimum absolute atomic E-state index is 0.305. The van der Waals surface area contributed by atoms with E-state index in [1.807, 2.05) is 6.07 Å². The lowest BCUT2D eigenvalue weighted by molar-refractivity contribution is 0.163. The molecular formula is C17H28N6O. The van der Waals surface area contributed by atoms with Gasteiger partial charge in [-0.3, -0.25) is 4.99 Å². The van der Waals surface area contributed by atoms with E-state index in [-0.39, 0.29) is 0 Å². The van der Waals surface area contributed by atoms with Gasteiger partial charge in [-0.1, -0.05) is 6.42 Å². The van der Waals surface area contributed by atoms with E-state index in [9.17, 15) is 5.11 Å². The molecular weight excluding hydrogens is 304 g/mol. The highest BCUT2D eigenvalue weighted by Gasteiger charge is 2.23. The third kappa shape index (κ3) is 4.35. The van der Waals surface area contributed by atoms with Gasteiger partial charge in [-0.05, 0) is 37.2 Å². The fourth-order valence-electron chi connectivity index (χ4n) is 3.65. The van der Waals surface area contributed by atoms with Crippen LogP contribution in [0.1, 0.15) is 25.7 Å². The van der Waals surface area contributed by atoms with Gasteiger partial charge in [-0.15, -0.1) is 0 Å². The molecule has 1 aromatic rings. The van der Waals surface area contributed by atoms with Crippen LogP contribution in [0.2, 0.25) is 0 Å². The molecule has 1 aromatic heterocycles. The van der Waals surface area contributed by atoms with E-state index in [4.69, 9.17) is 5.73 Å². The average molecular weight is 332 g/mol. The van der Waals surface area contributed by atoms with Crippen LogP contribution in [-0.4, -0.2) is 65.3 Å². The number of hydrogen-bond donors (Lipinski definition) is 2. The molecule has 0 spiro atoms. The summed E-state index contributed by atoms with van der Waals surface area (Å²) < 4.78 is 0. The van der Waals surface area contributed by atoms with Crippen LogP contribution in [0, 0.1) is 11.8 Å². The van der Waals surface area contributed by atoms with Crippen molar-refractivity contribution < 1.29 is 5.11 Å². The van der Waals surface area contributed by atoms with E-state index in [0.717, 1.165) is 51.5 Å². The van der Waals surface area contributed by atoms with Gasteiger partial charge in [-0.25, -0.2) is 9.97 Å². The third-order valence-electron chi connectivity index (χ3n) is 5.10. The Labute approximate surface area is 143 Å². The molecule has 7 nitrogen and oxygen atoms in total. The fourth-order valence-corrected chi connectivity index (χ4v) is 3.65. The number of aliphatic imine (C=N–C) groups is 1. The van der Waals surface area contributed by atoms with Crippen molar-refractivity contribution in [2.75, 3.05) is 44.2 Å². The van der Waals surface area contributed by atoms with Crippen LogP contribution in [0.3, 0.4) is 0 Å². The first-order valence-electron chi connectivity index (χ1n) is 8.94. The minimum atomic E-state index is 0.305. The Morgan fingerprint density at radius 1 is 1.17 bits per heavy atom. The Kier molecular flexibility index (Phi) is 5.85. The molecule has 1 aliphatic carbocycles. The summed E-state index contributed by atoms with van der Waals surface area (Å²) in [6.45, 7) is 4.49. The second kappa shape index (κ2) is 8.28. The minimum Gasteiger partial charge on any atom is -0.396 e. The van der Waals surface area contributed by atoms with E-state index in [1.54, 1.807) is 12.4 Å². The Morgan fingerprint density at radius 3 is 2.58 bits per heavy atom. The van der Waals surface area contributed by atoms with E-state index < -0.39 is 0 Å². The number of piperazine rings is 1. The SMILES string of the molecule is NC(=NC[C@H]1CCC[C@@H](CO)C1)N1CCN(c2ncccn2)CC1. The Balaban J connectivity index is 1.47. The number of aliphatic hydroxyl groups is 1. The summed E-state index contributed by atoms with van der Waals surface area (Å²) in [7, 11) is 0. The first-order chi connectivity index (χ1) is 11.8. The van der Waals surface area contributed by atoms with Crippen LogP contribution in [0.15, 0.2) is 23.5 Å². The molecule has 2 fully saturated rings. The Bertz CT molecular complexity index is 529. The summed E-state index contributed by atoms with van der Waals surface area (Å²) in [5, 5.41) is 9.33. The van der Waals surface area contributed by atoms with Gasteiger partial charge in [0.1, 0.15) is 0 Å². The number of anilines is 1. The van der Waals surface area contributed by atoms with Crippen molar-refractivity contribution in [3.63, 3.8) is 0 Å². The number of guanidine groups is 1. The van der Waals surface area contributed by atoms with Crippen molar-refractivity contribution >= 4 is 11.9 Å². The van der Waals surface area contributed by atoms with Crippen molar-refractivity contribution in [3.8, 4) is 0 Å². The number of nitrogens with two attached hydrogens (primary N) is 1. The summed E-state index contributed by atoms with van der Waals surface area (Å²) in [5.41, 5.74) is 6.19. The maximum Gasteiger partial charge on any atom is 0.225 e. The molecule has 0 unspecified atom stereocenters. The molecule has 2 heterocycles. The van der Waals surface area contributed by atoms with Crippen LogP contribution >= 0.6 is 0 Å². The lowest BCUT2D eigenvalue weighted by Gasteiger charge is -2.35. The molecule has 1 aliphatic heterocycles. The quantitative estimate of drug-likeness (QED) is 0.623. The number of hydrogen-bond acceptors (Lipinski definition) is 5. The number of rotatable bonds is 4. The second-order valence-electron chi connectivity index (χ2n) is 6.80. The maximum absolute atomic E-state index is 9.33. The van der Waals surface area contributed by atoms with E-state index in [0.29, 0.717) is 24.4 Å². The molecule has 0 amide bonds. The first-order valence-corrected chi connectivity index (χ1v) is 8.94. The van der Waals surface area contributed by atoms with Crippen molar-refractivity contribution in [3.05, 3.63) is 18.5 Å². The Morgan fingerprint density at radius 2 is 1.88 bits per heavy atom. The molecule has 3 N–H and O–H groups in total. The van der Waals surface area contributed by atoms with E-state index in [1.165, 1.54) is 12.8 Å². The molecule has 0 aromatic carbocycles. The van der Waals surface area contributed by atoms with Gasteiger partial charge < -0.3 is 20.6 Å². The van der Waals surface area contributed by atoms with Crippen LogP contribution in [0.5, 0.6) is 0 Å². The predicted molar refractivity (Wildman–Crippen MR) is 94.8 cm³/mol. The van der Waals surface area contributed by atoms with Crippen LogP contribution in [0.4, 0.5) is 5.95 Å². The summed E-state index contributed by atoms with van der Waals surface area (Å²) in [6, 6.07) is 1.83. The molecule has 2 aliphatic rings. The zero-order valence-electron chi connectivity index (χ0n) is 14.2. The zero-order chi connectivity index (χ0) is 16.8. The lowest BCUT2D eigenvalue weighted by atomic mass is 9.82. The summed E-state index contributed by atoms with van der Waals surface area (Å²) in [6.07, 6.45) is 8.16. The molecule has 1 saturated heterocycles. The van der Waals surface area contributed by atoms with Gasteiger partial charge in [0.25, 0.3) is 0 Å². The highest BCUT2D eigenvalue weighted by Crippen LogP contribution is 2.28. The smallest absolute Gasteiger partial charge is 0.225 e. The summed E-state index contributed by atoms with van der Waals surface area (Å²) in [5.74, 6) is 2.45. The van der Waals surface area contributed by atoms with Crippen LogP contribution in [0.25, 0.3) is 0 Å². The number of aromatic nitrogens is 2. The van der Waals surface area contributed by atoms with Crippen LogP contribution < -0.4 is 10.6 Å². The summed E-state index contributed by atoms with van der Waals surface area (Å²) in [4.78, 5) is 17.5. The fraction of sp³-hybridized carbons (Fsp3) is 0.706.